The normalized spacial score (nSPS) is 28.1. The van der Waals surface area contributed by atoms with Gasteiger partial charge in [-0.1, -0.05) is 189 Å². The minimum atomic E-state index is -0.260. The summed E-state index contributed by atoms with van der Waals surface area (Å²) in [6.45, 7) is 39.5. The molecule has 3 aromatic carbocycles. The van der Waals surface area contributed by atoms with Gasteiger partial charge in [0.1, 0.15) is 0 Å². The smallest absolute Gasteiger partial charge is 0.0291 e. The number of hydrogen-bond acceptors (Lipinski definition) is 1. The van der Waals surface area contributed by atoms with Crippen LogP contribution in [-0.4, -0.2) is 12.2 Å². The molecule has 6 rings (SSSR count). The molecule has 308 valence electrons. The van der Waals surface area contributed by atoms with Crippen molar-refractivity contribution in [3.05, 3.63) is 127 Å². The van der Waals surface area contributed by atoms with Crippen LogP contribution in [0, 0.1) is 11.8 Å². The lowest BCUT2D eigenvalue weighted by Gasteiger charge is -2.60. The summed E-state index contributed by atoms with van der Waals surface area (Å²) in [4.78, 5) is 0. The van der Waals surface area contributed by atoms with E-state index in [9.17, 15) is 0 Å². The molecular formula is C55H78NP. The van der Waals surface area contributed by atoms with Crippen molar-refractivity contribution >= 4 is 20.0 Å². The minimum Gasteiger partial charge on any atom is -0.313 e. The van der Waals surface area contributed by atoms with E-state index in [1.54, 1.807) is 33.4 Å². The Bertz CT molecular complexity index is 2180. The maximum absolute atomic E-state index is 3.75. The van der Waals surface area contributed by atoms with Crippen molar-refractivity contribution in [1.82, 2.24) is 5.32 Å². The third-order valence-electron chi connectivity index (χ3n) is 15.4. The quantitative estimate of drug-likeness (QED) is 0.260. The zero-order chi connectivity index (χ0) is 42.0. The summed E-state index contributed by atoms with van der Waals surface area (Å²) in [5.41, 5.74) is 15.3. The molecule has 0 fully saturated rings. The zero-order valence-electron chi connectivity index (χ0n) is 39.1. The van der Waals surface area contributed by atoms with Crippen molar-refractivity contribution in [1.29, 1.82) is 0 Å². The van der Waals surface area contributed by atoms with Crippen LogP contribution in [0.4, 0.5) is 0 Å². The number of hydrogen-bond donors (Lipinski definition) is 1. The van der Waals surface area contributed by atoms with Crippen LogP contribution >= 0.6 is 8.58 Å². The molecule has 3 aliphatic rings. The Morgan fingerprint density at radius 3 is 2.02 bits per heavy atom. The van der Waals surface area contributed by atoms with Crippen LogP contribution in [0.2, 0.25) is 0 Å². The molecule has 57 heavy (non-hydrogen) atoms. The second-order valence-electron chi connectivity index (χ2n) is 21.8. The number of fused-ring (bicyclic) bond motifs is 2. The molecule has 2 aliphatic carbocycles. The summed E-state index contributed by atoms with van der Waals surface area (Å²) in [5, 5.41) is 6.48. The molecule has 1 aliphatic heterocycles. The molecular weight excluding hydrogens is 706 g/mol. The number of rotatable bonds is 4. The van der Waals surface area contributed by atoms with Crippen molar-refractivity contribution in [3.8, 4) is 0 Å². The molecule has 1 N–H and O–H groups in total. The highest BCUT2D eigenvalue weighted by Gasteiger charge is 2.59. The summed E-state index contributed by atoms with van der Waals surface area (Å²) < 4.78 is 0. The largest absolute Gasteiger partial charge is 0.313 e. The van der Waals surface area contributed by atoms with Crippen LogP contribution in [0.3, 0.4) is 0 Å². The Kier molecular flexibility index (Phi) is 12.1. The van der Waals surface area contributed by atoms with Gasteiger partial charge >= 0.3 is 0 Å². The van der Waals surface area contributed by atoms with Gasteiger partial charge in [-0.15, -0.1) is 0 Å². The number of benzene rings is 3. The number of allylic oxidation sites excluding steroid dienone is 4. The molecule has 0 radical (unpaired) electrons. The summed E-state index contributed by atoms with van der Waals surface area (Å²) in [6, 6.07) is 23.1. The van der Waals surface area contributed by atoms with Gasteiger partial charge in [-0.3, -0.25) is 0 Å². The zero-order valence-corrected chi connectivity index (χ0v) is 40.1. The summed E-state index contributed by atoms with van der Waals surface area (Å²) >= 11 is 0. The molecule has 8 atom stereocenters. The highest BCUT2D eigenvalue weighted by Crippen LogP contribution is 2.67. The first-order chi connectivity index (χ1) is 26.5. The predicted molar refractivity (Wildman–Crippen MR) is 254 cm³/mol. The SMILES string of the molecule is CCC1c2ccc(C(C)(C)C)cc2C(C)CC2=C(CCC=C2)C(C)C(C)C2(PC=c3cc(C(C)(C)C)ccc3=C2C)C1(C)c1cc(C(C)(C)C)ccc1C(C)NC. The highest BCUT2D eigenvalue weighted by atomic mass is 31.1. The second kappa shape index (κ2) is 15.7. The Morgan fingerprint density at radius 2 is 1.40 bits per heavy atom. The van der Waals surface area contributed by atoms with E-state index in [1.165, 1.54) is 39.1 Å². The molecule has 0 bridgehead atoms. The van der Waals surface area contributed by atoms with Crippen LogP contribution in [0.5, 0.6) is 0 Å². The lowest BCUT2D eigenvalue weighted by atomic mass is 9.52. The molecule has 3 aromatic rings. The summed E-state index contributed by atoms with van der Waals surface area (Å²) in [6.07, 6.45) is 9.47. The fraction of sp³-hybridized carbons (Fsp3) is 0.564. The monoisotopic (exact) mass is 784 g/mol. The fourth-order valence-electron chi connectivity index (χ4n) is 11.5. The van der Waals surface area contributed by atoms with Gasteiger partial charge in [0.15, 0.2) is 0 Å². The van der Waals surface area contributed by atoms with E-state index < -0.39 is 0 Å². The van der Waals surface area contributed by atoms with Crippen molar-refractivity contribution < 1.29 is 0 Å². The summed E-state index contributed by atoms with van der Waals surface area (Å²) in [7, 11) is 2.79. The highest BCUT2D eigenvalue weighted by molar-refractivity contribution is 7.50. The topological polar surface area (TPSA) is 12.0 Å². The minimum absolute atomic E-state index is 0.0195. The van der Waals surface area contributed by atoms with Gasteiger partial charge in [-0.05, 0) is 141 Å². The summed E-state index contributed by atoms with van der Waals surface area (Å²) in [5.74, 6) is 4.22. The van der Waals surface area contributed by atoms with Gasteiger partial charge in [0.25, 0.3) is 0 Å². The predicted octanol–water partition coefficient (Wildman–Crippen LogP) is 13.8. The molecule has 0 amide bonds. The average Bonchev–Trinajstić information content (AvgIpc) is 3.16. The van der Waals surface area contributed by atoms with Gasteiger partial charge in [0.2, 0.25) is 0 Å². The van der Waals surface area contributed by atoms with E-state index in [2.05, 4.69) is 196 Å². The van der Waals surface area contributed by atoms with E-state index in [1.807, 2.05) is 0 Å². The van der Waals surface area contributed by atoms with Gasteiger partial charge in [-0.2, -0.15) is 0 Å². The van der Waals surface area contributed by atoms with E-state index in [-0.39, 0.29) is 38.8 Å². The van der Waals surface area contributed by atoms with Crippen molar-refractivity contribution in [2.24, 2.45) is 11.8 Å². The lowest BCUT2D eigenvalue weighted by Crippen LogP contribution is -2.59. The Hall–Kier alpha value is -2.73. The van der Waals surface area contributed by atoms with E-state index >= 15 is 0 Å². The lowest BCUT2D eigenvalue weighted by molar-refractivity contribution is 0.215. The van der Waals surface area contributed by atoms with E-state index in [0.29, 0.717) is 26.3 Å². The first-order valence-corrected chi connectivity index (χ1v) is 23.5. The van der Waals surface area contributed by atoms with Gasteiger partial charge in [0, 0.05) is 16.6 Å². The van der Waals surface area contributed by atoms with Crippen molar-refractivity contribution in [2.75, 3.05) is 7.05 Å². The second-order valence-corrected chi connectivity index (χ2v) is 23.1. The van der Waals surface area contributed by atoms with Gasteiger partial charge in [-0.25, -0.2) is 0 Å². The third kappa shape index (κ3) is 7.54. The van der Waals surface area contributed by atoms with Crippen LogP contribution < -0.4 is 15.8 Å². The number of nitrogens with one attached hydrogen (secondary N) is 1. The first-order valence-electron chi connectivity index (χ1n) is 22.5. The molecule has 0 saturated carbocycles. The maximum Gasteiger partial charge on any atom is 0.0291 e. The first kappa shape index (κ1) is 43.8. The van der Waals surface area contributed by atoms with Crippen LogP contribution in [0.25, 0.3) is 11.4 Å². The van der Waals surface area contributed by atoms with Crippen LogP contribution in [0.15, 0.2) is 77.9 Å². The van der Waals surface area contributed by atoms with Gasteiger partial charge < -0.3 is 5.32 Å². The van der Waals surface area contributed by atoms with Crippen molar-refractivity contribution in [2.45, 2.75) is 181 Å². The molecule has 0 saturated heterocycles. The van der Waals surface area contributed by atoms with E-state index in [0.717, 1.165) is 19.3 Å². The standard InChI is InChI=1S/C55H78NP/c1-18-49-47-28-25-42(52(10,11)12)31-48(47)34(2)29-39-21-19-20-22-44(39)35(3)36(4)55(37(5)45-26-23-41(51(7,8)9)30-40(45)33-57-55)54(49,16)50-32-43(53(13,14)15)24-27-46(50)38(6)56-17/h19,21,23-28,30-36,38,49,56-57H,18,20,22,29H2,1-17H3. The maximum atomic E-state index is 3.75. The molecule has 0 aromatic heterocycles. The Balaban J connectivity index is 1.87. The molecule has 8 unspecified atom stereocenters. The average molecular weight is 784 g/mol. The Labute approximate surface area is 351 Å². The van der Waals surface area contributed by atoms with E-state index in [4.69, 9.17) is 0 Å². The molecule has 1 nitrogen and oxygen atoms in total. The fourth-order valence-corrected chi connectivity index (χ4v) is 13.6. The van der Waals surface area contributed by atoms with Crippen LogP contribution in [0.1, 0.15) is 193 Å². The third-order valence-corrected chi connectivity index (χ3v) is 17.6. The molecule has 1 spiro atoms. The van der Waals surface area contributed by atoms with Crippen LogP contribution in [-0.2, 0) is 21.7 Å². The van der Waals surface area contributed by atoms with Gasteiger partial charge in [0.05, 0.1) is 0 Å². The Morgan fingerprint density at radius 1 is 0.807 bits per heavy atom. The molecule has 1 heterocycles. The molecule has 2 heteroatoms. The van der Waals surface area contributed by atoms with Crippen molar-refractivity contribution in [3.63, 3.8) is 0 Å².